The summed E-state index contributed by atoms with van der Waals surface area (Å²) in [5, 5.41) is 12.5. The molecule has 1 saturated heterocycles. The molecule has 1 fully saturated rings. The lowest BCUT2D eigenvalue weighted by atomic mass is 10.1. The third-order valence-corrected chi connectivity index (χ3v) is 4.39. The third-order valence-electron chi connectivity index (χ3n) is 4.39. The number of nitrogens with one attached hydrogen (secondary N) is 1. The smallest absolute Gasteiger partial charge is 0.257 e. The summed E-state index contributed by atoms with van der Waals surface area (Å²) in [5.41, 5.74) is 2.59. The second-order valence-corrected chi connectivity index (χ2v) is 5.56. The molecule has 1 amide bonds. The molecule has 3 unspecified atom stereocenters. The maximum absolute atomic E-state index is 11.5. The quantitative estimate of drug-likeness (QED) is 0.858. The van der Waals surface area contributed by atoms with Gasteiger partial charge in [-0.05, 0) is 38.3 Å². The van der Waals surface area contributed by atoms with Crippen molar-refractivity contribution in [2.45, 2.75) is 51.3 Å². The van der Waals surface area contributed by atoms with E-state index in [1.165, 1.54) is 12.8 Å². The van der Waals surface area contributed by atoms with Gasteiger partial charge in [-0.3, -0.25) is 4.79 Å². The van der Waals surface area contributed by atoms with Crippen LogP contribution in [0.25, 0.3) is 0 Å². The van der Waals surface area contributed by atoms with Crippen molar-refractivity contribution in [1.29, 1.82) is 0 Å². The summed E-state index contributed by atoms with van der Waals surface area (Å²) < 4.78 is 0. The van der Waals surface area contributed by atoms with Gasteiger partial charge in [0.1, 0.15) is 0 Å². The normalized spacial score (nSPS) is 29.5. The Hall–Kier alpha value is -1.55. The molecule has 0 saturated carbocycles. The van der Waals surface area contributed by atoms with Gasteiger partial charge < -0.3 is 15.3 Å². The fourth-order valence-electron chi connectivity index (χ4n) is 3.33. The average molecular weight is 260 g/mol. The Bertz CT molecular complexity index is 515. The lowest BCUT2D eigenvalue weighted by molar-refractivity contribution is -0.123. The van der Waals surface area contributed by atoms with Crippen molar-refractivity contribution in [3.05, 3.63) is 23.8 Å². The molecule has 0 radical (unpaired) electrons. The lowest BCUT2D eigenvalue weighted by Gasteiger charge is -2.30. The molecule has 0 spiro atoms. The number of amides is 1. The molecule has 0 aliphatic carbocycles. The van der Waals surface area contributed by atoms with E-state index in [0.717, 1.165) is 17.8 Å². The van der Waals surface area contributed by atoms with Crippen molar-refractivity contribution in [2.75, 3.05) is 10.2 Å². The minimum atomic E-state index is -1.01. The summed E-state index contributed by atoms with van der Waals surface area (Å²) in [5.74, 6) is -0.325. The van der Waals surface area contributed by atoms with Gasteiger partial charge in [0.05, 0.1) is 0 Å². The minimum absolute atomic E-state index is 0.325. The molecule has 2 aliphatic rings. The van der Waals surface area contributed by atoms with Gasteiger partial charge in [-0.2, -0.15) is 0 Å². The topological polar surface area (TPSA) is 52.6 Å². The zero-order chi connectivity index (χ0) is 13.6. The van der Waals surface area contributed by atoms with Gasteiger partial charge in [0.15, 0.2) is 6.10 Å². The van der Waals surface area contributed by atoms with Gasteiger partial charge >= 0.3 is 0 Å². The average Bonchev–Trinajstić information content (AvgIpc) is 2.90. The molecule has 0 bridgehead atoms. The summed E-state index contributed by atoms with van der Waals surface area (Å²) in [7, 11) is 0. The van der Waals surface area contributed by atoms with E-state index in [1.807, 2.05) is 18.2 Å². The van der Waals surface area contributed by atoms with E-state index in [-0.39, 0.29) is 5.91 Å². The molecular weight excluding hydrogens is 240 g/mol. The number of nitrogens with zero attached hydrogens (tertiary/aromatic N) is 1. The van der Waals surface area contributed by atoms with Crippen molar-refractivity contribution in [2.24, 2.45) is 0 Å². The van der Waals surface area contributed by atoms with Crippen LogP contribution in [0.5, 0.6) is 0 Å². The molecule has 1 aromatic rings. The first-order valence-electron chi connectivity index (χ1n) is 7.03. The van der Waals surface area contributed by atoms with E-state index in [4.69, 9.17) is 0 Å². The molecule has 3 atom stereocenters. The van der Waals surface area contributed by atoms with Crippen LogP contribution in [0.1, 0.15) is 44.8 Å². The van der Waals surface area contributed by atoms with Crippen molar-refractivity contribution in [1.82, 2.24) is 0 Å². The van der Waals surface area contributed by atoms with Crippen LogP contribution in [0.2, 0.25) is 0 Å². The van der Waals surface area contributed by atoms with Crippen LogP contribution in [-0.2, 0) is 4.79 Å². The first-order chi connectivity index (χ1) is 9.11. The fourth-order valence-corrected chi connectivity index (χ4v) is 3.33. The Morgan fingerprint density at radius 3 is 2.95 bits per heavy atom. The van der Waals surface area contributed by atoms with Gasteiger partial charge in [0.25, 0.3) is 5.91 Å². The maximum atomic E-state index is 11.5. The van der Waals surface area contributed by atoms with Crippen molar-refractivity contribution in [3.63, 3.8) is 0 Å². The number of fused-ring (bicyclic) bond motifs is 1. The molecular formula is C15H20N2O2. The summed E-state index contributed by atoms with van der Waals surface area (Å²) in [4.78, 5) is 13.9. The Balaban J connectivity index is 1.95. The second kappa shape index (κ2) is 4.53. The highest BCUT2D eigenvalue weighted by atomic mass is 16.3. The van der Waals surface area contributed by atoms with Crippen molar-refractivity contribution >= 4 is 17.3 Å². The fraction of sp³-hybridized carbons (Fsp3) is 0.533. The molecule has 2 aliphatic heterocycles. The van der Waals surface area contributed by atoms with E-state index >= 15 is 0 Å². The van der Waals surface area contributed by atoms with Crippen LogP contribution in [0.15, 0.2) is 18.2 Å². The number of carbonyl (C=O) groups excluding carboxylic acids is 1. The largest absolute Gasteiger partial charge is 0.378 e. The Morgan fingerprint density at radius 2 is 2.21 bits per heavy atom. The number of carbonyl (C=O) groups is 1. The monoisotopic (exact) mass is 260 g/mol. The van der Waals surface area contributed by atoms with E-state index in [2.05, 4.69) is 24.1 Å². The number of aliphatic hydroxyl groups is 1. The maximum Gasteiger partial charge on any atom is 0.257 e. The number of hydrogen-bond acceptors (Lipinski definition) is 3. The minimum Gasteiger partial charge on any atom is -0.378 e. The Labute approximate surface area is 113 Å². The van der Waals surface area contributed by atoms with Gasteiger partial charge in [0.2, 0.25) is 0 Å². The van der Waals surface area contributed by atoms with Crippen LogP contribution in [0, 0.1) is 0 Å². The molecule has 4 nitrogen and oxygen atoms in total. The van der Waals surface area contributed by atoms with Crippen LogP contribution >= 0.6 is 0 Å². The molecule has 102 valence electrons. The number of anilines is 2. The summed E-state index contributed by atoms with van der Waals surface area (Å²) in [6, 6.07) is 6.99. The molecule has 2 N–H and O–H groups in total. The number of aliphatic hydroxyl groups excluding tert-OH is 1. The number of rotatable bonds is 2. The van der Waals surface area contributed by atoms with Crippen molar-refractivity contribution < 1.29 is 9.90 Å². The van der Waals surface area contributed by atoms with Crippen LogP contribution < -0.4 is 10.2 Å². The highest BCUT2D eigenvalue weighted by molar-refractivity contribution is 6.02. The van der Waals surface area contributed by atoms with E-state index in [0.29, 0.717) is 17.6 Å². The molecule has 1 aromatic carbocycles. The van der Waals surface area contributed by atoms with Crippen LogP contribution in [0.4, 0.5) is 11.4 Å². The zero-order valence-electron chi connectivity index (χ0n) is 11.4. The molecule has 4 heteroatoms. The van der Waals surface area contributed by atoms with Crippen molar-refractivity contribution in [3.8, 4) is 0 Å². The van der Waals surface area contributed by atoms with Crippen LogP contribution in [0.3, 0.4) is 0 Å². The Morgan fingerprint density at radius 1 is 1.42 bits per heavy atom. The number of benzene rings is 1. The summed E-state index contributed by atoms with van der Waals surface area (Å²) in [6.07, 6.45) is 2.56. The van der Waals surface area contributed by atoms with E-state index in [9.17, 15) is 9.90 Å². The highest BCUT2D eigenvalue weighted by Crippen LogP contribution is 2.38. The molecule has 0 aromatic heterocycles. The number of hydrogen-bond donors (Lipinski definition) is 2. The zero-order valence-corrected chi connectivity index (χ0v) is 11.4. The van der Waals surface area contributed by atoms with Gasteiger partial charge in [-0.25, -0.2) is 0 Å². The molecule has 2 heterocycles. The third kappa shape index (κ3) is 1.91. The van der Waals surface area contributed by atoms with Crippen LogP contribution in [-0.4, -0.2) is 23.1 Å². The summed E-state index contributed by atoms with van der Waals surface area (Å²) in [6.45, 7) is 4.46. The van der Waals surface area contributed by atoms with Gasteiger partial charge in [-0.15, -0.1) is 0 Å². The molecule has 3 rings (SSSR count). The van der Waals surface area contributed by atoms with Gasteiger partial charge in [0, 0.05) is 29.0 Å². The first kappa shape index (κ1) is 12.5. The summed E-state index contributed by atoms with van der Waals surface area (Å²) >= 11 is 0. The standard InChI is InChI=1S/C15H20N2O2/c1-3-10-5-4-9(2)17(10)11-6-7-12-13(8-11)16-15(19)14(12)18/h6-10,14,18H,3-5H2,1-2H3,(H,16,19). The highest BCUT2D eigenvalue weighted by Gasteiger charge is 2.32. The van der Waals surface area contributed by atoms with E-state index in [1.54, 1.807) is 0 Å². The molecule has 19 heavy (non-hydrogen) atoms. The second-order valence-electron chi connectivity index (χ2n) is 5.56. The Kier molecular flexibility index (Phi) is 2.97. The van der Waals surface area contributed by atoms with E-state index < -0.39 is 6.10 Å². The predicted molar refractivity (Wildman–Crippen MR) is 75.3 cm³/mol. The SMILES string of the molecule is CCC1CCC(C)N1c1ccc2c(c1)NC(=O)C2O. The van der Waals surface area contributed by atoms with Gasteiger partial charge in [-0.1, -0.05) is 13.0 Å². The predicted octanol–water partition coefficient (Wildman–Crippen LogP) is 2.44. The lowest BCUT2D eigenvalue weighted by Crippen LogP contribution is -2.34. The first-order valence-corrected chi connectivity index (χ1v) is 7.03.